The number of nitrogens with one attached hydrogen (secondary N) is 1. The molecule has 2 heterocycles. The van der Waals surface area contributed by atoms with Gasteiger partial charge in [-0.3, -0.25) is 9.59 Å². The van der Waals surface area contributed by atoms with Crippen LogP contribution in [-0.2, 0) is 11.2 Å². The van der Waals surface area contributed by atoms with Crippen molar-refractivity contribution in [1.29, 1.82) is 0 Å². The van der Waals surface area contributed by atoms with Crippen molar-refractivity contribution >= 4 is 40.5 Å². The second-order valence-corrected chi connectivity index (χ2v) is 9.01. The average molecular weight is 441 g/mol. The fraction of sp³-hybridized carbons (Fsp3) is 0.227. The Bertz CT molecular complexity index is 1110. The second-order valence-electron chi connectivity index (χ2n) is 6.93. The SMILES string of the molecule is Cc1ccc(NC(=O)Cc2csc(SCC(=O)c3ccc4c(c3)OCO4)n2)c(C)c1. The molecule has 1 amide bonds. The quantitative estimate of drug-likeness (QED) is 0.426. The van der Waals surface area contributed by atoms with Crippen LogP contribution < -0.4 is 14.8 Å². The molecule has 8 heteroatoms. The Morgan fingerprint density at radius 3 is 2.80 bits per heavy atom. The monoisotopic (exact) mass is 440 g/mol. The number of benzene rings is 2. The number of ether oxygens (including phenoxy) is 2. The first-order chi connectivity index (χ1) is 14.5. The molecule has 0 radical (unpaired) electrons. The standard InChI is InChI=1S/C22H20N2O4S2/c1-13-3-5-17(14(2)7-13)24-21(26)9-16-10-29-22(23-16)30-11-18(25)15-4-6-19-20(8-15)28-12-27-19/h3-8,10H,9,11-12H2,1-2H3,(H,24,26). The summed E-state index contributed by atoms with van der Waals surface area (Å²) in [5, 5.41) is 4.79. The highest BCUT2D eigenvalue weighted by Crippen LogP contribution is 2.33. The van der Waals surface area contributed by atoms with E-state index in [0.717, 1.165) is 21.2 Å². The van der Waals surface area contributed by atoms with Gasteiger partial charge in [0.1, 0.15) is 0 Å². The summed E-state index contributed by atoms with van der Waals surface area (Å²) in [5.74, 6) is 1.39. The number of carbonyl (C=O) groups excluding carboxylic acids is 2. The maximum absolute atomic E-state index is 12.5. The lowest BCUT2D eigenvalue weighted by Crippen LogP contribution is -2.15. The van der Waals surface area contributed by atoms with Gasteiger partial charge in [0, 0.05) is 16.6 Å². The summed E-state index contributed by atoms with van der Waals surface area (Å²) in [6.07, 6.45) is 0.195. The van der Waals surface area contributed by atoms with Crippen molar-refractivity contribution < 1.29 is 19.1 Å². The number of hydrogen-bond donors (Lipinski definition) is 1. The van der Waals surface area contributed by atoms with Gasteiger partial charge in [0.15, 0.2) is 21.6 Å². The number of thiazole rings is 1. The smallest absolute Gasteiger partial charge is 0.231 e. The molecule has 0 unspecified atom stereocenters. The molecule has 6 nitrogen and oxygen atoms in total. The van der Waals surface area contributed by atoms with Crippen molar-refractivity contribution in [2.75, 3.05) is 17.9 Å². The first-order valence-electron chi connectivity index (χ1n) is 9.35. The average Bonchev–Trinajstić information content (AvgIpc) is 3.36. The van der Waals surface area contributed by atoms with Gasteiger partial charge < -0.3 is 14.8 Å². The van der Waals surface area contributed by atoms with Crippen LogP contribution in [0.1, 0.15) is 27.2 Å². The highest BCUT2D eigenvalue weighted by atomic mass is 32.2. The maximum Gasteiger partial charge on any atom is 0.231 e. The number of fused-ring (bicyclic) bond motifs is 1. The summed E-state index contributed by atoms with van der Waals surface area (Å²) in [7, 11) is 0. The van der Waals surface area contributed by atoms with Crippen molar-refractivity contribution in [2.24, 2.45) is 0 Å². The number of Topliss-reactive ketones (excluding diaryl/α,β-unsaturated/α-hetero) is 1. The predicted octanol–water partition coefficient (Wildman–Crippen LogP) is 4.64. The molecule has 0 bridgehead atoms. The Kier molecular flexibility index (Phi) is 6.06. The predicted molar refractivity (Wildman–Crippen MR) is 118 cm³/mol. The van der Waals surface area contributed by atoms with Gasteiger partial charge in [-0.2, -0.15) is 0 Å². The lowest BCUT2D eigenvalue weighted by atomic mass is 10.1. The number of amides is 1. The van der Waals surface area contributed by atoms with Crippen LogP contribution in [0.25, 0.3) is 0 Å². The fourth-order valence-corrected chi connectivity index (χ4v) is 4.77. The third-order valence-corrected chi connectivity index (χ3v) is 6.62. The summed E-state index contributed by atoms with van der Waals surface area (Å²) in [5.41, 5.74) is 4.27. The zero-order valence-corrected chi connectivity index (χ0v) is 18.2. The molecule has 154 valence electrons. The zero-order chi connectivity index (χ0) is 21.1. The molecule has 1 aliphatic rings. The van der Waals surface area contributed by atoms with Gasteiger partial charge in [-0.25, -0.2) is 4.98 Å². The maximum atomic E-state index is 12.5. The Morgan fingerprint density at radius 2 is 1.97 bits per heavy atom. The minimum Gasteiger partial charge on any atom is -0.454 e. The molecule has 0 saturated carbocycles. The van der Waals surface area contributed by atoms with E-state index < -0.39 is 0 Å². The summed E-state index contributed by atoms with van der Waals surface area (Å²) < 4.78 is 11.3. The van der Waals surface area contributed by atoms with Gasteiger partial charge in [0.05, 0.1) is 17.9 Å². The second kappa shape index (κ2) is 8.89. The third kappa shape index (κ3) is 4.83. The van der Waals surface area contributed by atoms with Gasteiger partial charge in [0.25, 0.3) is 0 Å². The normalized spacial score (nSPS) is 12.1. The van der Waals surface area contributed by atoms with Crippen LogP contribution in [0.2, 0.25) is 0 Å². The van der Waals surface area contributed by atoms with E-state index >= 15 is 0 Å². The molecular formula is C22H20N2O4S2. The van der Waals surface area contributed by atoms with Crippen LogP contribution in [-0.4, -0.2) is 29.2 Å². The number of rotatable bonds is 7. The number of thioether (sulfide) groups is 1. The van der Waals surface area contributed by atoms with E-state index in [2.05, 4.69) is 10.3 Å². The van der Waals surface area contributed by atoms with Crippen molar-refractivity contribution in [2.45, 2.75) is 24.6 Å². The first-order valence-corrected chi connectivity index (χ1v) is 11.2. The molecule has 0 spiro atoms. The fourth-order valence-electron chi connectivity index (χ4n) is 3.03. The molecule has 0 atom stereocenters. The number of carbonyl (C=O) groups is 2. The molecule has 1 aliphatic heterocycles. The van der Waals surface area contributed by atoms with Crippen LogP contribution in [0, 0.1) is 13.8 Å². The highest BCUT2D eigenvalue weighted by molar-refractivity contribution is 8.01. The Hall–Kier alpha value is -2.84. The van der Waals surface area contributed by atoms with Crippen LogP contribution in [0.5, 0.6) is 11.5 Å². The molecule has 3 aromatic rings. The number of nitrogens with zero attached hydrogens (tertiary/aromatic N) is 1. The van der Waals surface area contributed by atoms with E-state index in [9.17, 15) is 9.59 Å². The van der Waals surface area contributed by atoms with E-state index in [-0.39, 0.29) is 30.7 Å². The van der Waals surface area contributed by atoms with Gasteiger partial charge in [-0.15, -0.1) is 11.3 Å². The van der Waals surface area contributed by atoms with Crippen LogP contribution in [0.3, 0.4) is 0 Å². The van der Waals surface area contributed by atoms with E-state index in [1.807, 2.05) is 37.4 Å². The molecule has 0 aliphatic carbocycles. The molecule has 1 N–H and O–H groups in total. The van der Waals surface area contributed by atoms with E-state index in [1.165, 1.54) is 23.1 Å². The van der Waals surface area contributed by atoms with Gasteiger partial charge in [-0.05, 0) is 43.7 Å². The van der Waals surface area contributed by atoms with Crippen LogP contribution in [0.15, 0.2) is 46.1 Å². The molecule has 0 fully saturated rings. The number of anilines is 1. The lowest BCUT2D eigenvalue weighted by Gasteiger charge is -2.08. The van der Waals surface area contributed by atoms with Gasteiger partial charge >= 0.3 is 0 Å². The van der Waals surface area contributed by atoms with E-state index in [4.69, 9.17) is 9.47 Å². The zero-order valence-electron chi connectivity index (χ0n) is 16.6. The van der Waals surface area contributed by atoms with E-state index in [0.29, 0.717) is 22.8 Å². The summed E-state index contributed by atoms with van der Waals surface area (Å²) >= 11 is 2.80. The van der Waals surface area contributed by atoms with Crippen molar-refractivity contribution in [3.8, 4) is 11.5 Å². The van der Waals surface area contributed by atoms with Crippen molar-refractivity contribution in [3.63, 3.8) is 0 Å². The van der Waals surface area contributed by atoms with Crippen molar-refractivity contribution in [3.05, 3.63) is 64.2 Å². The van der Waals surface area contributed by atoms with Crippen LogP contribution >= 0.6 is 23.1 Å². The van der Waals surface area contributed by atoms with Crippen LogP contribution in [0.4, 0.5) is 5.69 Å². The van der Waals surface area contributed by atoms with E-state index in [1.54, 1.807) is 18.2 Å². The van der Waals surface area contributed by atoms with Crippen molar-refractivity contribution in [1.82, 2.24) is 4.98 Å². The summed E-state index contributed by atoms with van der Waals surface area (Å²) in [4.78, 5) is 29.3. The molecule has 30 heavy (non-hydrogen) atoms. The lowest BCUT2D eigenvalue weighted by molar-refractivity contribution is -0.115. The van der Waals surface area contributed by atoms with Gasteiger partial charge in [-0.1, -0.05) is 29.5 Å². The summed E-state index contributed by atoms with van der Waals surface area (Å²) in [6.45, 7) is 4.17. The Labute approximate surface area is 182 Å². The number of ketones is 1. The Balaban J connectivity index is 1.30. The number of aromatic nitrogens is 1. The topological polar surface area (TPSA) is 77.5 Å². The minimum atomic E-state index is -0.111. The minimum absolute atomic E-state index is 0.0114. The molecule has 2 aromatic carbocycles. The molecule has 4 rings (SSSR count). The number of hydrogen-bond acceptors (Lipinski definition) is 7. The highest BCUT2D eigenvalue weighted by Gasteiger charge is 2.17. The van der Waals surface area contributed by atoms with Gasteiger partial charge in [0.2, 0.25) is 12.7 Å². The largest absolute Gasteiger partial charge is 0.454 e. The summed E-state index contributed by atoms with van der Waals surface area (Å²) in [6, 6.07) is 11.1. The molecule has 0 saturated heterocycles. The first kappa shape index (κ1) is 20.4. The Morgan fingerprint density at radius 1 is 1.13 bits per heavy atom. The molecule has 1 aromatic heterocycles. The molecular weight excluding hydrogens is 420 g/mol. The number of aryl methyl sites for hydroxylation is 2. The third-order valence-electron chi connectivity index (χ3n) is 4.55.